The minimum absolute atomic E-state index is 0.0407. The quantitative estimate of drug-likeness (QED) is 0.563. The molecule has 3 rings (SSSR count). The molecule has 1 aromatic heterocycles. The van der Waals surface area contributed by atoms with Gasteiger partial charge in [0.25, 0.3) is 0 Å². The smallest absolute Gasteiger partial charge is 0.229 e. The number of carbonyl (C=O) groups is 2. The molecule has 1 aromatic carbocycles. The Morgan fingerprint density at radius 1 is 1.21 bits per heavy atom. The molecule has 1 atom stereocenters. The van der Waals surface area contributed by atoms with Crippen LogP contribution in [0.2, 0.25) is 0 Å². The number of thiophene rings is 1. The third-order valence-electron chi connectivity index (χ3n) is 5.60. The Morgan fingerprint density at radius 2 is 2.00 bits per heavy atom. The first-order chi connectivity index (χ1) is 15.6. The van der Waals surface area contributed by atoms with E-state index in [-0.39, 0.29) is 23.3 Å². The Morgan fingerprint density at radius 3 is 2.61 bits per heavy atom. The van der Waals surface area contributed by atoms with Crippen molar-refractivity contribution >= 4 is 34.5 Å². The number of nitrogens with one attached hydrogen (secondary N) is 1. The lowest BCUT2D eigenvalue weighted by atomic mass is 9.91. The highest BCUT2D eigenvalue weighted by molar-refractivity contribution is 7.10. The molecule has 1 N–H and O–H groups in total. The summed E-state index contributed by atoms with van der Waals surface area (Å²) < 4.78 is 5.85. The number of ether oxygens (including phenoxy) is 1. The fraction of sp³-hybridized carbons (Fsp3) is 0.538. The zero-order chi connectivity index (χ0) is 24.0. The summed E-state index contributed by atoms with van der Waals surface area (Å²) in [5.41, 5.74) is 2.70. The normalized spacial score (nSPS) is 16.0. The third kappa shape index (κ3) is 7.86. The summed E-state index contributed by atoms with van der Waals surface area (Å²) in [6.45, 7) is 8.10. The highest BCUT2D eigenvalue weighted by Crippen LogP contribution is 2.28. The van der Waals surface area contributed by atoms with Gasteiger partial charge in [-0.15, -0.1) is 11.3 Å². The molecule has 7 heteroatoms. The molecule has 0 radical (unpaired) electrons. The van der Waals surface area contributed by atoms with E-state index in [4.69, 9.17) is 4.74 Å². The molecule has 2 amide bonds. The molecule has 180 valence electrons. The summed E-state index contributed by atoms with van der Waals surface area (Å²) in [5.74, 6) is 0.0934. The average Bonchev–Trinajstić information content (AvgIpc) is 3.40. The average molecular weight is 472 g/mol. The second-order valence-electron chi connectivity index (χ2n) is 10.2. The van der Waals surface area contributed by atoms with Crippen LogP contribution in [0.3, 0.4) is 0 Å². The molecule has 0 saturated carbocycles. The van der Waals surface area contributed by atoms with E-state index in [1.165, 1.54) is 0 Å². The van der Waals surface area contributed by atoms with E-state index < -0.39 is 0 Å². The molecule has 1 aliphatic rings. The van der Waals surface area contributed by atoms with Crippen LogP contribution in [-0.4, -0.2) is 50.1 Å². The maximum atomic E-state index is 13.3. The molecule has 0 aliphatic carbocycles. The van der Waals surface area contributed by atoms with Crippen LogP contribution >= 0.6 is 11.3 Å². The van der Waals surface area contributed by atoms with Gasteiger partial charge in [-0.05, 0) is 53.5 Å². The van der Waals surface area contributed by atoms with Gasteiger partial charge in [-0.1, -0.05) is 26.8 Å². The van der Waals surface area contributed by atoms with Gasteiger partial charge in [0.05, 0.1) is 12.5 Å². The number of rotatable bonds is 9. The molecule has 1 saturated heterocycles. The van der Waals surface area contributed by atoms with Crippen LogP contribution in [0.4, 0.5) is 11.4 Å². The van der Waals surface area contributed by atoms with Crippen LogP contribution in [0.1, 0.15) is 50.5 Å². The number of anilines is 2. The van der Waals surface area contributed by atoms with Gasteiger partial charge in [-0.3, -0.25) is 9.59 Å². The Balaban J connectivity index is 1.80. The zero-order valence-electron chi connectivity index (χ0n) is 20.5. The van der Waals surface area contributed by atoms with Gasteiger partial charge in [0.15, 0.2) is 0 Å². The molecule has 33 heavy (non-hydrogen) atoms. The lowest BCUT2D eigenvalue weighted by Crippen LogP contribution is -2.38. The Hall–Kier alpha value is -2.38. The van der Waals surface area contributed by atoms with E-state index in [0.717, 1.165) is 41.3 Å². The van der Waals surface area contributed by atoms with Crippen molar-refractivity contribution in [3.63, 3.8) is 0 Å². The van der Waals surface area contributed by atoms with E-state index in [1.807, 2.05) is 59.6 Å². The number of hydrogen-bond acceptors (Lipinski definition) is 5. The lowest BCUT2D eigenvalue weighted by Gasteiger charge is -2.30. The first kappa shape index (κ1) is 25.2. The van der Waals surface area contributed by atoms with Gasteiger partial charge in [0.1, 0.15) is 0 Å². The van der Waals surface area contributed by atoms with Crippen molar-refractivity contribution in [3.8, 4) is 0 Å². The fourth-order valence-corrected chi connectivity index (χ4v) is 4.77. The Bertz CT molecular complexity index is 929. The predicted octanol–water partition coefficient (Wildman–Crippen LogP) is 4.94. The van der Waals surface area contributed by atoms with Crippen molar-refractivity contribution in [1.29, 1.82) is 0 Å². The van der Waals surface area contributed by atoms with Crippen LogP contribution in [-0.2, 0) is 27.3 Å². The molecule has 1 aliphatic heterocycles. The van der Waals surface area contributed by atoms with Crippen molar-refractivity contribution < 1.29 is 14.3 Å². The van der Waals surface area contributed by atoms with E-state index in [2.05, 4.69) is 26.1 Å². The highest BCUT2D eigenvalue weighted by Gasteiger charge is 2.26. The first-order valence-corrected chi connectivity index (χ1v) is 12.5. The monoisotopic (exact) mass is 471 g/mol. The Kier molecular flexibility index (Phi) is 8.54. The predicted molar refractivity (Wildman–Crippen MR) is 136 cm³/mol. The fourth-order valence-electron chi connectivity index (χ4n) is 4.06. The standard InChI is InChI=1S/C26H37N3O3S/c1-26(2,3)16-25(31)29(18-21-8-6-12-32-21)17-19-14-20(10-11-23(19)28(4)5)27-24(30)15-22-9-7-13-33-22/h7,9-11,13-14,21H,6,8,12,15-18H2,1-5H3,(H,27,30)/t21-/m1/s1. The van der Waals surface area contributed by atoms with Gasteiger partial charge in [-0.2, -0.15) is 0 Å². The van der Waals surface area contributed by atoms with Crippen molar-refractivity contribution in [2.75, 3.05) is 37.5 Å². The van der Waals surface area contributed by atoms with E-state index in [0.29, 0.717) is 25.9 Å². The van der Waals surface area contributed by atoms with E-state index in [9.17, 15) is 9.59 Å². The number of amides is 2. The molecule has 2 aromatic rings. The molecular formula is C26H37N3O3S. The first-order valence-electron chi connectivity index (χ1n) is 11.6. The summed E-state index contributed by atoms with van der Waals surface area (Å²) >= 11 is 1.58. The SMILES string of the molecule is CN(C)c1ccc(NC(=O)Cc2cccs2)cc1CN(C[C@H]1CCCO1)C(=O)CC(C)(C)C. The maximum absolute atomic E-state index is 13.3. The largest absolute Gasteiger partial charge is 0.377 e. The summed E-state index contributed by atoms with van der Waals surface area (Å²) in [4.78, 5) is 30.8. The molecule has 0 bridgehead atoms. The molecule has 0 unspecified atom stereocenters. The van der Waals surface area contributed by atoms with Crippen LogP contribution in [0, 0.1) is 5.41 Å². The summed E-state index contributed by atoms with van der Waals surface area (Å²) in [5, 5.41) is 5.00. The van der Waals surface area contributed by atoms with Crippen LogP contribution < -0.4 is 10.2 Å². The van der Waals surface area contributed by atoms with E-state index >= 15 is 0 Å². The van der Waals surface area contributed by atoms with Crippen molar-refractivity contribution in [3.05, 3.63) is 46.2 Å². The summed E-state index contributed by atoms with van der Waals surface area (Å²) in [7, 11) is 3.99. The van der Waals surface area contributed by atoms with Crippen molar-refractivity contribution in [1.82, 2.24) is 4.90 Å². The molecular weight excluding hydrogens is 434 g/mol. The molecule has 1 fully saturated rings. The minimum Gasteiger partial charge on any atom is -0.377 e. The van der Waals surface area contributed by atoms with Crippen molar-refractivity contribution in [2.24, 2.45) is 5.41 Å². The van der Waals surface area contributed by atoms with Gasteiger partial charge >= 0.3 is 0 Å². The maximum Gasteiger partial charge on any atom is 0.229 e. The van der Waals surface area contributed by atoms with Crippen LogP contribution in [0.15, 0.2) is 35.7 Å². The van der Waals surface area contributed by atoms with Crippen LogP contribution in [0.25, 0.3) is 0 Å². The van der Waals surface area contributed by atoms with E-state index in [1.54, 1.807) is 11.3 Å². The second-order valence-corrected chi connectivity index (χ2v) is 11.2. The number of hydrogen-bond donors (Lipinski definition) is 1. The highest BCUT2D eigenvalue weighted by atomic mass is 32.1. The van der Waals surface area contributed by atoms with Gasteiger partial charge in [0, 0.05) is 56.5 Å². The summed E-state index contributed by atoms with van der Waals surface area (Å²) in [6.07, 6.45) is 2.95. The zero-order valence-corrected chi connectivity index (χ0v) is 21.3. The van der Waals surface area contributed by atoms with Gasteiger partial charge in [0.2, 0.25) is 11.8 Å². The van der Waals surface area contributed by atoms with Crippen molar-refractivity contribution in [2.45, 2.75) is 59.1 Å². The lowest BCUT2D eigenvalue weighted by molar-refractivity contribution is -0.135. The second kappa shape index (κ2) is 11.2. The minimum atomic E-state index is -0.0894. The summed E-state index contributed by atoms with van der Waals surface area (Å²) in [6, 6.07) is 9.85. The molecule has 2 heterocycles. The van der Waals surface area contributed by atoms with Gasteiger partial charge in [-0.25, -0.2) is 0 Å². The molecule has 0 spiro atoms. The van der Waals surface area contributed by atoms with Crippen LogP contribution in [0.5, 0.6) is 0 Å². The number of benzene rings is 1. The molecule has 6 nitrogen and oxygen atoms in total. The third-order valence-corrected chi connectivity index (χ3v) is 6.48. The van der Waals surface area contributed by atoms with Gasteiger partial charge < -0.3 is 19.9 Å². The Labute approximate surface area is 201 Å². The topological polar surface area (TPSA) is 61.9 Å². The number of carbonyl (C=O) groups excluding carboxylic acids is 2. The number of nitrogens with zero attached hydrogens (tertiary/aromatic N) is 2.